The van der Waals surface area contributed by atoms with Gasteiger partial charge in [-0.25, -0.2) is 4.98 Å². The number of carbonyl (C=O) groups is 2. The van der Waals surface area contributed by atoms with E-state index < -0.39 is 5.97 Å². The molecule has 0 aliphatic rings. The Balaban J connectivity index is 1.56. The number of imidazole rings is 1. The first-order chi connectivity index (χ1) is 13.1. The van der Waals surface area contributed by atoms with E-state index in [9.17, 15) is 9.59 Å². The van der Waals surface area contributed by atoms with Gasteiger partial charge < -0.3 is 14.6 Å². The molecule has 1 heterocycles. The number of amides is 1. The molecule has 0 fully saturated rings. The molecule has 2 aromatic carbocycles. The number of benzene rings is 2. The lowest BCUT2D eigenvalue weighted by Crippen LogP contribution is -2.23. The van der Waals surface area contributed by atoms with Gasteiger partial charge in [0.1, 0.15) is 6.54 Å². The number of nitrogens with zero attached hydrogens (tertiary/aromatic N) is 2. The Morgan fingerprint density at radius 2 is 1.89 bits per heavy atom. The molecule has 0 saturated carbocycles. The molecule has 3 aromatic rings. The highest BCUT2D eigenvalue weighted by molar-refractivity contribution is 5.93. The van der Waals surface area contributed by atoms with E-state index in [0.29, 0.717) is 5.92 Å². The van der Waals surface area contributed by atoms with Crippen molar-refractivity contribution in [2.24, 2.45) is 0 Å². The molecule has 1 aromatic heterocycles. The number of aromatic nitrogens is 2. The van der Waals surface area contributed by atoms with E-state index in [1.165, 1.54) is 0 Å². The fourth-order valence-corrected chi connectivity index (χ4v) is 2.91. The van der Waals surface area contributed by atoms with Crippen LogP contribution in [-0.4, -0.2) is 28.0 Å². The van der Waals surface area contributed by atoms with Crippen molar-refractivity contribution in [3.63, 3.8) is 0 Å². The van der Waals surface area contributed by atoms with Gasteiger partial charge in [0.05, 0.1) is 17.4 Å². The summed E-state index contributed by atoms with van der Waals surface area (Å²) in [6.45, 7) is 3.91. The van der Waals surface area contributed by atoms with Crippen LogP contribution < -0.4 is 5.32 Å². The van der Waals surface area contributed by atoms with Crippen LogP contribution in [0.1, 0.15) is 31.7 Å². The molecule has 1 N–H and O–H groups in total. The van der Waals surface area contributed by atoms with Crippen LogP contribution in [0.5, 0.6) is 0 Å². The average Bonchev–Trinajstić information content (AvgIpc) is 3.09. The maximum Gasteiger partial charge on any atom is 0.326 e. The second kappa shape index (κ2) is 8.49. The van der Waals surface area contributed by atoms with E-state index in [1.807, 2.05) is 48.5 Å². The van der Waals surface area contributed by atoms with E-state index >= 15 is 0 Å². The summed E-state index contributed by atoms with van der Waals surface area (Å²) in [6.07, 6.45) is 2.56. The molecule has 6 heteroatoms. The number of hydrogen-bond donors (Lipinski definition) is 1. The van der Waals surface area contributed by atoms with Crippen molar-refractivity contribution < 1.29 is 14.3 Å². The van der Waals surface area contributed by atoms with Crippen molar-refractivity contribution in [1.82, 2.24) is 9.55 Å². The molecule has 0 radical (unpaired) electrons. The number of fused-ring (bicyclic) bond motifs is 1. The number of para-hydroxylation sites is 3. The quantitative estimate of drug-likeness (QED) is 0.648. The van der Waals surface area contributed by atoms with Gasteiger partial charge in [-0.3, -0.25) is 9.59 Å². The van der Waals surface area contributed by atoms with Crippen LogP contribution in [0.15, 0.2) is 54.9 Å². The van der Waals surface area contributed by atoms with Crippen LogP contribution in [0.3, 0.4) is 0 Å². The highest BCUT2D eigenvalue weighted by Gasteiger charge is 2.13. The van der Waals surface area contributed by atoms with Gasteiger partial charge in [-0.15, -0.1) is 0 Å². The summed E-state index contributed by atoms with van der Waals surface area (Å²) in [5.74, 6) is -0.503. The third kappa shape index (κ3) is 4.53. The Morgan fingerprint density at radius 3 is 2.70 bits per heavy atom. The minimum atomic E-state index is -0.483. The maximum absolute atomic E-state index is 12.2. The van der Waals surface area contributed by atoms with Crippen LogP contribution in [0.4, 0.5) is 5.69 Å². The smallest absolute Gasteiger partial charge is 0.326 e. The van der Waals surface area contributed by atoms with Gasteiger partial charge in [0.25, 0.3) is 5.91 Å². The summed E-state index contributed by atoms with van der Waals surface area (Å²) in [4.78, 5) is 28.5. The van der Waals surface area contributed by atoms with Gasteiger partial charge in [-0.1, -0.05) is 44.2 Å². The van der Waals surface area contributed by atoms with E-state index in [0.717, 1.165) is 28.7 Å². The summed E-state index contributed by atoms with van der Waals surface area (Å²) in [7, 11) is 0. The minimum Gasteiger partial charge on any atom is -0.454 e. The lowest BCUT2D eigenvalue weighted by molar-refractivity contribution is -0.147. The number of hydrogen-bond acceptors (Lipinski definition) is 4. The summed E-state index contributed by atoms with van der Waals surface area (Å²) in [5.41, 5.74) is 3.49. The second-order valence-corrected chi connectivity index (χ2v) is 6.47. The predicted octanol–water partition coefficient (Wildman–Crippen LogP) is 3.73. The topological polar surface area (TPSA) is 73.2 Å². The fourth-order valence-electron chi connectivity index (χ4n) is 2.91. The molecule has 140 valence electrons. The van der Waals surface area contributed by atoms with Gasteiger partial charge >= 0.3 is 5.97 Å². The first-order valence-electron chi connectivity index (χ1n) is 9.02. The van der Waals surface area contributed by atoms with E-state index in [-0.39, 0.29) is 19.1 Å². The summed E-state index contributed by atoms with van der Waals surface area (Å²) < 4.78 is 6.83. The molecule has 3 rings (SSSR count). The normalized spacial score (nSPS) is 11.9. The Kier molecular flexibility index (Phi) is 5.86. The molecule has 0 bridgehead atoms. The number of ether oxygens (including phenoxy) is 1. The van der Waals surface area contributed by atoms with Gasteiger partial charge in [0.15, 0.2) is 6.61 Å². The lowest BCUT2D eigenvalue weighted by atomic mass is 9.97. The average molecular weight is 365 g/mol. The van der Waals surface area contributed by atoms with E-state index in [1.54, 1.807) is 10.9 Å². The highest BCUT2D eigenvalue weighted by Crippen LogP contribution is 2.26. The van der Waals surface area contributed by atoms with Crippen molar-refractivity contribution in [2.75, 3.05) is 11.9 Å². The van der Waals surface area contributed by atoms with Crippen molar-refractivity contribution in [3.8, 4) is 0 Å². The molecule has 1 amide bonds. The molecule has 27 heavy (non-hydrogen) atoms. The molecule has 6 nitrogen and oxygen atoms in total. The fraction of sp³-hybridized carbons (Fsp3) is 0.286. The van der Waals surface area contributed by atoms with E-state index in [4.69, 9.17) is 4.74 Å². The van der Waals surface area contributed by atoms with Crippen LogP contribution in [-0.2, 0) is 20.9 Å². The monoisotopic (exact) mass is 365 g/mol. The Bertz CT molecular complexity index is 949. The Morgan fingerprint density at radius 1 is 1.15 bits per heavy atom. The third-order valence-corrected chi connectivity index (χ3v) is 4.57. The van der Waals surface area contributed by atoms with Crippen molar-refractivity contribution in [2.45, 2.75) is 32.7 Å². The minimum absolute atomic E-state index is 0.0112. The highest BCUT2D eigenvalue weighted by atomic mass is 16.5. The molecule has 0 aliphatic heterocycles. The standard InChI is InChI=1S/C21H23N3O3/c1-3-15(2)16-8-4-5-9-17(16)23-20(25)13-27-21(26)12-24-14-22-18-10-6-7-11-19(18)24/h4-11,14-15H,3,12-13H2,1-2H3,(H,23,25)/t15-/m0/s1. The zero-order valence-electron chi connectivity index (χ0n) is 15.5. The second-order valence-electron chi connectivity index (χ2n) is 6.47. The van der Waals surface area contributed by atoms with Crippen LogP contribution in [0, 0.1) is 0 Å². The van der Waals surface area contributed by atoms with Gasteiger partial charge in [0, 0.05) is 5.69 Å². The molecule has 1 atom stereocenters. The largest absolute Gasteiger partial charge is 0.454 e. The number of carbonyl (C=O) groups excluding carboxylic acids is 2. The maximum atomic E-state index is 12.2. The zero-order valence-corrected chi connectivity index (χ0v) is 15.5. The Labute approximate surface area is 158 Å². The zero-order chi connectivity index (χ0) is 19.2. The van der Waals surface area contributed by atoms with Gasteiger partial charge in [-0.2, -0.15) is 0 Å². The molecular weight excluding hydrogens is 342 g/mol. The molecular formula is C21H23N3O3. The number of rotatable bonds is 7. The number of nitrogens with one attached hydrogen (secondary N) is 1. The van der Waals surface area contributed by atoms with Crippen molar-refractivity contribution in [3.05, 3.63) is 60.4 Å². The first-order valence-corrected chi connectivity index (χ1v) is 9.02. The van der Waals surface area contributed by atoms with Crippen LogP contribution >= 0.6 is 0 Å². The van der Waals surface area contributed by atoms with Gasteiger partial charge in [-0.05, 0) is 36.1 Å². The summed E-state index contributed by atoms with van der Waals surface area (Å²) in [5, 5.41) is 2.83. The van der Waals surface area contributed by atoms with Crippen LogP contribution in [0.25, 0.3) is 11.0 Å². The molecule has 0 aliphatic carbocycles. The summed E-state index contributed by atoms with van der Waals surface area (Å²) >= 11 is 0. The molecule has 0 saturated heterocycles. The van der Waals surface area contributed by atoms with Gasteiger partial charge in [0.2, 0.25) is 0 Å². The number of anilines is 1. The predicted molar refractivity (Wildman–Crippen MR) is 104 cm³/mol. The Hall–Kier alpha value is -3.15. The van der Waals surface area contributed by atoms with E-state index in [2.05, 4.69) is 24.1 Å². The van der Waals surface area contributed by atoms with Crippen molar-refractivity contribution >= 4 is 28.6 Å². The lowest BCUT2D eigenvalue weighted by Gasteiger charge is -2.15. The first kappa shape index (κ1) is 18.6. The number of esters is 1. The van der Waals surface area contributed by atoms with Crippen LogP contribution in [0.2, 0.25) is 0 Å². The molecule has 0 unspecified atom stereocenters. The van der Waals surface area contributed by atoms with Crippen molar-refractivity contribution in [1.29, 1.82) is 0 Å². The summed E-state index contributed by atoms with van der Waals surface area (Å²) in [6, 6.07) is 15.2. The SMILES string of the molecule is CC[C@H](C)c1ccccc1NC(=O)COC(=O)Cn1cnc2ccccc21. The third-order valence-electron chi connectivity index (χ3n) is 4.57. The molecule has 0 spiro atoms.